The summed E-state index contributed by atoms with van der Waals surface area (Å²) in [6, 6.07) is 14.7. The molecular formula is C23H26N4O3. The summed E-state index contributed by atoms with van der Waals surface area (Å²) in [7, 11) is 1.57. The number of fused-ring (bicyclic) bond motifs is 1. The monoisotopic (exact) mass is 406 g/mol. The van der Waals surface area contributed by atoms with Crippen LogP contribution in [0.4, 0.5) is 0 Å². The summed E-state index contributed by atoms with van der Waals surface area (Å²) in [6.07, 6.45) is 3.29. The summed E-state index contributed by atoms with van der Waals surface area (Å²) in [6.45, 7) is 2.09. The lowest BCUT2D eigenvalue weighted by atomic mass is 10.1. The van der Waals surface area contributed by atoms with Gasteiger partial charge in [-0.1, -0.05) is 18.2 Å². The normalized spacial score (nSPS) is 14.0. The predicted octanol–water partition coefficient (Wildman–Crippen LogP) is 2.99. The third-order valence-electron chi connectivity index (χ3n) is 5.47. The maximum Gasteiger partial charge on any atom is 0.251 e. The number of nitrogens with zero attached hydrogens (tertiary/aromatic N) is 3. The van der Waals surface area contributed by atoms with E-state index in [1.807, 2.05) is 33.7 Å². The number of nitrogens with one attached hydrogen (secondary N) is 1. The van der Waals surface area contributed by atoms with Gasteiger partial charge in [-0.05, 0) is 49.6 Å². The van der Waals surface area contributed by atoms with Crippen LogP contribution in [0.5, 0.6) is 5.75 Å². The topological polar surface area (TPSA) is 76.5 Å². The van der Waals surface area contributed by atoms with Crippen LogP contribution >= 0.6 is 0 Å². The molecule has 0 unspecified atom stereocenters. The van der Waals surface area contributed by atoms with E-state index in [1.165, 1.54) is 6.42 Å². The number of ether oxygens (including phenoxy) is 1. The number of piperidine rings is 1. The number of carbonyl (C=O) groups is 2. The molecule has 0 aliphatic carbocycles. The molecule has 1 aromatic heterocycles. The fourth-order valence-corrected chi connectivity index (χ4v) is 3.84. The zero-order chi connectivity index (χ0) is 20.9. The SMILES string of the molecule is COc1cccc(C(=O)NCc2nc3ccccc3n2CC(=O)N2CCCCC2)c1. The third-order valence-corrected chi connectivity index (χ3v) is 5.47. The first-order chi connectivity index (χ1) is 14.7. The van der Waals surface area contributed by atoms with E-state index >= 15 is 0 Å². The van der Waals surface area contributed by atoms with Gasteiger partial charge in [0.1, 0.15) is 18.1 Å². The Morgan fingerprint density at radius 1 is 1.07 bits per heavy atom. The summed E-state index contributed by atoms with van der Waals surface area (Å²) >= 11 is 0. The van der Waals surface area contributed by atoms with Crippen LogP contribution in [0.3, 0.4) is 0 Å². The third kappa shape index (κ3) is 4.30. The maximum atomic E-state index is 12.9. The average Bonchev–Trinajstić information content (AvgIpc) is 3.15. The van der Waals surface area contributed by atoms with Crippen LogP contribution in [-0.2, 0) is 17.9 Å². The van der Waals surface area contributed by atoms with Crippen LogP contribution in [0, 0.1) is 0 Å². The Labute approximate surface area is 175 Å². The van der Waals surface area contributed by atoms with Crippen molar-refractivity contribution in [2.45, 2.75) is 32.4 Å². The first-order valence-electron chi connectivity index (χ1n) is 10.3. The average molecular weight is 406 g/mol. The van der Waals surface area contributed by atoms with Gasteiger partial charge in [0.2, 0.25) is 5.91 Å². The van der Waals surface area contributed by atoms with E-state index in [9.17, 15) is 9.59 Å². The van der Waals surface area contributed by atoms with Crippen molar-refractivity contribution < 1.29 is 14.3 Å². The lowest BCUT2D eigenvalue weighted by Gasteiger charge is -2.27. The molecule has 2 heterocycles. The van der Waals surface area contributed by atoms with Gasteiger partial charge >= 0.3 is 0 Å². The van der Waals surface area contributed by atoms with Crippen molar-refractivity contribution in [3.05, 3.63) is 59.9 Å². The Morgan fingerprint density at radius 3 is 2.67 bits per heavy atom. The van der Waals surface area contributed by atoms with Crippen molar-refractivity contribution in [2.75, 3.05) is 20.2 Å². The molecule has 7 heteroatoms. The Bertz CT molecular complexity index is 1050. The molecule has 1 aliphatic rings. The van der Waals surface area contributed by atoms with Crippen LogP contribution in [-0.4, -0.2) is 46.5 Å². The first-order valence-corrected chi connectivity index (χ1v) is 10.3. The van der Waals surface area contributed by atoms with E-state index in [4.69, 9.17) is 4.74 Å². The molecule has 0 saturated carbocycles. The van der Waals surface area contributed by atoms with Gasteiger partial charge in [-0.2, -0.15) is 0 Å². The number of carbonyl (C=O) groups excluding carboxylic acids is 2. The lowest BCUT2D eigenvalue weighted by Crippen LogP contribution is -2.38. The largest absolute Gasteiger partial charge is 0.497 e. The molecule has 0 radical (unpaired) electrons. The van der Waals surface area contributed by atoms with E-state index in [-0.39, 0.29) is 24.9 Å². The second kappa shape index (κ2) is 8.98. The van der Waals surface area contributed by atoms with Crippen molar-refractivity contribution in [1.82, 2.24) is 19.8 Å². The fraction of sp³-hybridized carbons (Fsp3) is 0.348. The molecule has 156 valence electrons. The predicted molar refractivity (Wildman–Crippen MR) is 114 cm³/mol. The molecule has 1 aliphatic heterocycles. The first kappa shape index (κ1) is 19.9. The summed E-state index contributed by atoms with van der Waals surface area (Å²) in [5.74, 6) is 1.17. The molecule has 4 rings (SSSR count). The number of imidazole rings is 1. The van der Waals surface area contributed by atoms with Gasteiger partial charge in [0.15, 0.2) is 0 Å². The second-order valence-corrected chi connectivity index (χ2v) is 7.46. The number of hydrogen-bond donors (Lipinski definition) is 1. The number of methoxy groups -OCH3 is 1. The van der Waals surface area contributed by atoms with Gasteiger partial charge in [0, 0.05) is 18.7 Å². The van der Waals surface area contributed by atoms with Crippen LogP contribution in [0.1, 0.15) is 35.4 Å². The van der Waals surface area contributed by atoms with Crippen molar-refractivity contribution in [3.63, 3.8) is 0 Å². The minimum atomic E-state index is -0.213. The van der Waals surface area contributed by atoms with Gasteiger partial charge < -0.3 is 19.5 Å². The molecule has 0 spiro atoms. The molecular weight excluding hydrogens is 380 g/mol. The van der Waals surface area contributed by atoms with Crippen molar-refractivity contribution in [2.24, 2.45) is 0 Å². The zero-order valence-electron chi connectivity index (χ0n) is 17.1. The van der Waals surface area contributed by atoms with Crippen LogP contribution in [0.2, 0.25) is 0 Å². The molecule has 0 atom stereocenters. The van der Waals surface area contributed by atoms with E-state index < -0.39 is 0 Å². The van der Waals surface area contributed by atoms with Crippen LogP contribution in [0.15, 0.2) is 48.5 Å². The number of para-hydroxylation sites is 2. The van der Waals surface area contributed by atoms with E-state index in [0.717, 1.165) is 37.0 Å². The summed E-state index contributed by atoms with van der Waals surface area (Å²) in [5.41, 5.74) is 2.23. The second-order valence-electron chi connectivity index (χ2n) is 7.46. The van der Waals surface area contributed by atoms with Crippen molar-refractivity contribution in [1.29, 1.82) is 0 Å². The molecule has 7 nitrogen and oxygen atoms in total. The van der Waals surface area contributed by atoms with E-state index in [1.54, 1.807) is 31.4 Å². The minimum absolute atomic E-state index is 0.0956. The van der Waals surface area contributed by atoms with E-state index in [0.29, 0.717) is 17.1 Å². The summed E-state index contributed by atoms with van der Waals surface area (Å²) < 4.78 is 7.10. The Morgan fingerprint density at radius 2 is 1.87 bits per heavy atom. The highest BCUT2D eigenvalue weighted by Gasteiger charge is 2.20. The molecule has 0 bridgehead atoms. The number of likely N-dealkylation sites (tertiary alicyclic amines) is 1. The van der Waals surface area contributed by atoms with Crippen LogP contribution < -0.4 is 10.1 Å². The standard InChI is InChI=1S/C23H26N4O3/c1-30-18-9-7-8-17(14-18)23(29)24-15-21-25-19-10-3-4-11-20(19)27(21)16-22(28)26-12-5-2-6-13-26/h3-4,7-11,14H,2,5-6,12-13,15-16H2,1H3,(H,24,29). The highest BCUT2D eigenvalue weighted by atomic mass is 16.5. The number of benzene rings is 2. The quantitative estimate of drug-likeness (QED) is 0.683. The Hall–Kier alpha value is -3.35. The molecule has 3 aromatic rings. The molecule has 2 aromatic carbocycles. The smallest absolute Gasteiger partial charge is 0.251 e. The number of amides is 2. The fourth-order valence-electron chi connectivity index (χ4n) is 3.84. The molecule has 1 saturated heterocycles. The van der Waals surface area contributed by atoms with Gasteiger partial charge in [-0.15, -0.1) is 0 Å². The molecule has 1 fully saturated rings. The van der Waals surface area contributed by atoms with Crippen molar-refractivity contribution >= 4 is 22.8 Å². The Kier molecular flexibility index (Phi) is 5.97. The number of aromatic nitrogens is 2. The van der Waals surface area contributed by atoms with E-state index in [2.05, 4.69) is 10.3 Å². The number of hydrogen-bond acceptors (Lipinski definition) is 4. The molecule has 1 N–H and O–H groups in total. The highest BCUT2D eigenvalue weighted by Crippen LogP contribution is 2.18. The summed E-state index contributed by atoms with van der Waals surface area (Å²) in [4.78, 5) is 32.1. The Balaban J connectivity index is 1.53. The van der Waals surface area contributed by atoms with Crippen molar-refractivity contribution in [3.8, 4) is 5.75 Å². The molecule has 30 heavy (non-hydrogen) atoms. The summed E-state index contributed by atoms with van der Waals surface area (Å²) in [5, 5.41) is 2.92. The van der Waals surface area contributed by atoms with Gasteiger partial charge in [-0.3, -0.25) is 9.59 Å². The van der Waals surface area contributed by atoms with Crippen LogP contribution in [0.25, 0.3) is 11.0 Å². The van der Waals surface area contributed by atoms with Gasteiger partial charge in [-0.25, -0.2) is 4.98 Å². The van der Waals surface area contributed by atoms with Gasteiger partial charge in [0.05, 0.1) is 24.7 Å². The molecule has 2 amide bonds. The number of rotatable bonds is 6. The minimum Gasteiger partial charge on any atom is -0.497 e. The lowest BCUT2D eigenvalue weighted by molar-refractivity contribution is -0.132. The highest BCUT2D eigenvalue weighted by molar-refractivity contribution is 5.94. The van der Waals surface area contributed by atoms with Gasteiger partial charge in [0.25, 0.3) is 5.91 Å². The maximum absolute atomic E-state index is 12.9. The zero-order valence-corrected chi connectivity index (χ0v) is 17.1.